The molecule has 0 bridgehead atoms. The lowest BCUT2D eigenvalue weighted by Gasteiger charge is -2.10. The normalized spacial score (nSPS) is 11.2. The van der Waals surface area contributed by atoms with Crippen LogP contribution < -0.4 is 4.74 Å². The number of rotatable bonds is 4. The Morgan fingerprint density at radius 1 is 1.19 bits per heavy atom. The van der Waals surface area contributed by atoms with Crippen molar-refractivity contribution in [1.82, 2.24) is 9.30 Å². The molecule has 0 unspecified atom stereocenters. The number of likely N-dealkylation sites (N-methyl/N-ethyl adjacent to an activating group) is 1. The molecule has 0 saturated carbocycles. The maximum Gasteiger partial charge on any atom is 0.135 e. The standard InChI is InChI=1S/C13H18N2O/c1-14(2)9-8-12-5-4-11-6-7-13(16-3)10-15(11)12/h4-7,10H,8-9H2,1-3H3. The molecule has 0 atom stereocenters. The molecule has 2 aromatic heterocycles. The fourth-order valence-electron chi connectivity index (χ4n) is 1.80. The predicted octanol–water partition coefficient (Wildman–Crippen LogP) is 2.05. The second-order valence-electron chi connectivity index (χ2n) is 4.24. The Labute approximate surface area is 96.2 Å². The molecule has 2 rings (SSSR count). The first kappa shape index (κ1) is 11.0. The van der Waals surface area contributed by atoms with E-state index in [2.05, 4.69) is 41.6 Å². The number of aromatic nitrogens is 1. The van der Waals surface area contributed by atoms with Gasteiger partial charge in [0.25, 0.3) is 0 Å². The van der Waals surface area contributed by atoms with E-state index in [1.165, 1.54) is 11.2 Å². The number of hydrogen-bond donors (Lipinski definition) is 0. The molecule has 0 aliphatic carbocycles. The van der Waals surface area contributed by atoms with Crippen LogP contribution in [0.4, 0.5) is 0 Å². The van der Waals surface area contributed by atoms with Crippen molar-refractivity contribution in [1.29, 1.82) is 0 Å². The molecule has 0 fully saturated rings. The Balaban J connectivity index is 2.30. The number of ether oxygens (including phenoxy) is 1. The zero-order valence-electron chi connectivity index (χ0n) is 10.1. The highest BCUT2D eigenvalue weighted by Crippen LogP contribution is 2.16. The van der Waals surface area contributed by atoms with Crippen LogP contribution >= 0.6 is 0 Å². The van der Waals surface area contributed by atoms with Crippen molar-refractivity contribution in [3.05, 3.63) is 36.2 Å². The molecule has 2 aromatic rings. The van der Waals surface area contributed by atoms with Gasteiger partial charge in [0.15, 0.2) is 0 Å². The van der Waals surface area contributed by atoms with E-state index in [1.807, 2.05) is 12.3 Å². The summed E-state index contributed by atoms with van der Waals surface area (Å²) in [5.74, 6) is 0.898. The smallest absolute Gasteiger partial charge is 0.135 e. The highest BCUT2D eigenvalue weighted by atomic mass is 16.5. The topological polar surface area (TPSA) is 16.9 Å². The van der Waals surface area contributed by atoms with E-state index in [1.54, 1.807) is 7.11 Å². The fraction of sp³-hybridized carbons (Fsp3) is 0.385. The van der Waals surface area contributed by atoms with E-state index >= 15 is 0 Å². The lowest BCUT2D eigenvalue weighted by molar-refractivity contribution is 0.407. The van der Waals surface area contributed by atoms with Crippen LogP contribution in [0.5, 0.6) is 5.75 Å². The minimum Gasteiger partial charge on any atom is -0.495 e. The molecule has 0 amide bonds. The van der Waals surface area contributed by atoms with Crippen LogP contribution in [0, 0.1) is 0 Å². The van der Waals surface area contributed by atoms with Crippen LogP contribution in [0.25, 0.3) is 5.52 Å². The van der Waals surface area contributed by atoms with Crippen LogP contribution in [0.15, 0.2) is 30.5 Å². The third kappa shape index (κ3) is 2.19. The molecular weight excluding hydrogens is 200 g/mol. The monoisotopic (exact) mass is 218 g/mol. The van der Waals surface area contributed by atoms with Gasteiger partial charge in [0.1, 0.15) is 5.75 Å². The number of nitrogens with zero attached hydrogens (tertiary/aromatic N) is 2. The van der Waals surface area contributed by atoms with Crippen molar-refractivity contribution < 1.29 is 4.74 Å². The van der Waals surface area contributed by atoms with Gasteiger partial charge in [0.05, 0.1) is 13.3 Å². The quantitative estimate of drug-likeness (QED) is 0.781. The summed E-state index contributed by atoms with van der Waals surface area (Å²) in [6, 6.07) is 8.39. The van der Waals surface area contributed by atoms with Crippen LogP contribution in [0.2, 0.25) is 0 Å². The molecule has 86 valence electrons. The Morgan fingerprint density at radius 2 is 1.94 bits per heavy atom. The zero-order chi connectivity index (χ0) is 11.5. The predicted molar refractivity (Wildman–Crippen MR) is 66.2 cm³/mol. The SMILES string of the molecule is COc1ccc2ccc(CCN(C)C)n2c1. The molecule has 0 spiro atoms. The fourth-order valence-corrected chi connectivity index (χ4v) is 1.80. The Morgan fingerprint density at radius 3 is 2.62 bits per heavy atom. The number of hydrogen-bond acceptors (Lipinski definition) is 2. The van der Waals surface area contributed by atoms with E-state index in [4.69, 9.17) is 4.74 Å². The summed E-state index contributed by atoms with van der Waals surface area (Å²) in [6.07, 6.45) is 3.09. The van der Waals surface area contributed by atoms with E-state index < -0.39 is 0 Å². The second kappa shape index (κ2) is 4.58. The van der Waals surface area contributed by atoms with Gasteiger partial charge in [0.2, 0.25) is 0 Å². The first-order valence-corrected chi connectivity index (χ1v) is 5.49. The first-order chi connectivity index (χ1) is 7.70. The average molecular weight is 218 g/mol. The lowest BCUT2D eigenvalue weighted by Crippen LogP contribution is -2.15. The van der Waals surface area contributed by atoms with Gasteiger partial charge in [-0.15, -0.1) is 0 Å². The summed E-state index contributed by atoms with van der Waals surface area (Å²) >= 11 is 0. The third-order valence-electron chi connectivity index (χ3n) is 2.76. The molecule has 0 radical (unpaired) electrons. The summed E-state index contributed by atoms with van der Waals surface area (Å²) in [7, 11) is 5.89. The van der Waals surface area contributed by atoms with E-state index in [9.17, 15) is 0 Å². The van der Waals surface area contributed by atoms with Crippen LogP contribution in [-0.2, 0) is 6.42 Å². The summed E-state index contributed by atoms with van der Waals surface area (Å²) in [4.78, 5) is 2.19. The summed E-state index contributed by atoms with van der Waals surface area (Å²) in [5.41, 5.74) is 2.54. The van der Waals surface area contributed by atoms with Crippen LogP contribution in [0.3, 0.4) is 0 Å². The second-order valence-corrected chi connectivity index (χ2v) is 4.24. The van der Waals surface area contributed by atoms with Gasteiger partial charge in [-0.25, -0.2) is 0 Å². The molecule has 0 N–H and O–H groups in total. The van der Waals surface area contributed by atoms with Crippen molar-refractivity contribution in [3.63, 3.8) is 0 Å². The number of fused-ring (bicyclic) bond motifs is 1. The van der Waals surface area contributed by atoms with Crippen molar-refractivity contribution in [2.45, 2.75) is 6.42 Å². The van der Waals surface area contributed by atoms with E-state index in [0.29, 0.717) is 0 Å². The largest absolute Gasteiger partial charge is 0.495 e. The van der Waals surface area contributed by atoms with Gasteiger partial charge in [-0.2, -0.15) is 0 Å². The highest BCUT2D eigenvalue weighted by Gasteiger charge is 2.03. The lowest BCUT2D eigenvalue weighted by atomic mass is 10.3. The minimum atomic E-state index is 0.898. The van der Waals surface area contributed by atoms with Crippen molar-refractivity contribution >= 4 is 5.52 Å². The maximum atomic E-state index is 5.24. The van der Waals surface area contributed by atoms with Gasteiger partial charge in [-0.1, -0.05) is 0 Å². The number of pyridine rings is 1. The van der Waals surface area contributed by atoms with E-state index in [-0.39, 0.29) is 0 Å². The Kier molecular flexibility index (Phi) is 3.15. The van der Waals surface area contributed by atoms with Crippen LogP contribution in [-0.4, -0.2) is 37.1 Å². The van der Waals surface area contributed by atoms with Crippen molar-refractivity contribution in [2.24, 2.45) is 0 Å². The van der Waals surface area contributed by atoms with Gasteiger partial charge < -0.3 is 14.0 Å². The van der Waals surface area contributed by atoms with Gasteiger partial charge in [0, 0.05) is 24.2 Å². The minimum absolute atomic E-state index is 0.898. The van der Waals surface area contributed by atoms with E-state index in [0.717, 1.165) is 18.7 Å². The Bertz CT molecular complexity index is 474. The maximum absolute atomic E-state index is 5.24. The summed E-state index contributed by atoms with van der Waals surface area (Å²) < 4.78 is 7.44. The number of methoxy groups -OCH3 is 1. The molecule has 3 nitrogen and oxygen atoms in total. The van der Waals surface area contributed by atoms with Gasteiger partial charge >= 0.3 is 0 Å². The molecule has 0 aromatic carbocycles. The highest BCUT2D eigenvalue weighted by molar-refractivity contribution is 5.51. The Hall–Kier alpha value is -1.48. The average Bonchev–Trinajstić information content (AvgIpc) is 2.68. The van der Waals surface area contributed by atoms with Crippen LogP contribution in [0.1, 0.15) is 5.69 Å². The third-order valence-corrected chi connectivity index (χ3v) is 2.76. The summed E-state index contributed by atoms with van der Waals surface area (Å²) in [5, 5.41) is 0. The molecule has 3 heteroatoms. The molecule has 2 heterocycles. The zero-order valence-corrected chi connectivity index (χ0v) is 10.1. The molecule has 16 heavy (non-hydrogen) atoms. The van der Waals surface area contributed by atoms with Gasteiger partial charge in [-0.3, -0.25) is 0 Å². The van der Waals surface area contributed by atoms with Gasteiger partial charge in [-0.05, 0) is 38.4 Å². The molecule has 0 saturated heterocycles. The molecule has 0 aliphatic heterocycles. The first-order valence-electron chi connectivity index (χ1n) is 5.49. The molecular formula is C13H18N2O. The van der Waals surface area contributed by atoms with Crippen molar-refractivity contribution in [2.75, 3.05) is 27.7 Å². The molecule has 0 aliphatic rings. The summed E-state index contributed by atoms with van der Waals surface area (Å²) in [6.45, 7) is 1.06. The van der Waals surface area contributed by atoms with Crippen molar-refractivity contribution in [3.8, 4) is 5.75 Å².